The SMILES string of the molecule is CC(C)[C@H](NC(=O)[C@@H](N)[C@@H](C)O)C(=O)N[C@@H](Cc1ccccc1)C(=O)N[C@@H](CC(N)=O)C(=O)N[C@@H](Cc1cnc[nH]1)C(=O)N[C@@H](CCC(=O)O)C(=O)NCC(=O)N[C@@H](CCCN=C(N)N)C(=O)O. The maximum atomic E-state index is 14.0. The molecule has 1 aromatic carbocycles. The van der Waals surface area contributed by atoms with E-state index in [9.17, 15) is 63.3 Å². The van der Waals surface area contributed by atoms with E-state index in [-0.39, 0.29) is 43.9 Å². The molecular formula is C41H62N14O13. The first kappa shape index (κ1) is 56.4. The lowest BCUT2D eigenvalue weighted by atomic mass is 10.00. The number of aromatic nitrogens is 2. The summed E-state index contributed by atoms with van der Waals surface area (Å²) in [6, 6.07) is -2.21. The number of H-pyrrole nitrogens is 1. The van der Waals surface area contributed by atoms with Gasteiger partial charge in [0.05, 0.1) is 25.4 Å². The first-order chi connectivity index (χ1) is 32.0. The van der Waals surface area contributed by atoms with Crippen LogP contribution in [0.2, 0.25) is 0 Å². The lowest BCUT2D eigenvalue weighted by Gasteiger charge is -2.28. The van der Waals surface area contributed by atoms with Crippen LogP contribution < -0.4 is 60.2 Å². The van der Waals surface area contributed by atoms with E-state index in [4.69, 9.17) is 22.9 Å². The Kier molecular flexibility index (Phi) is 23.6. The molecule has 2 rings (SSSR count). The van der Waals surface area contributed by atoms with Crippen LogP contribution >= 0.6 is 0 Å². The second kappa shape index (κ2) is 28.4. The molecule has 374 valence electrons. The highest BCUT2D eigenvalue weighted by atomic mass is 16.4. The number of hydrogen-bond acceptors (Lipinski definition) is 14. The topological polar surface area (TPSA) is 461 Å². The standard InChI is InChI=1S/C41H62N14O13/c1-20(2)33(55-38(65)32(43)21(3)56)39(66)54-26(14-22-8-5-4-6-9-22)35(62)53-28(16-29(42)57)37(64)52-27(15-23-17-46-19-49-23)36(63)51-24(11-12-31(59)60)34(61)48-18-30(58)50-25(40(67)68)10-7-13-47-41(44)45/h4-6,8-9,17,19-21,24-28,32-33,56H,7,10-16,18,43H2,1-3H3,(H2,42,57)(H,46,49)(H,48,61)(H,50,58)(H,51,63)(H,52,64)(H,53,62)(H,54,66)(H,55,65)(H,59,60)(H,67,68)(H4,44,45,47)/t21-,24+,25+,26+,27+,28+,32+,33+/m1/s1. The molecule has 0 unspecified atom stereocenters. The number of carbonyl (C=O) groups is 10. The molecular weight excluding hydrogens is 897 g/mol. The van der Waals surface area contributed by atoms with Crippen molar-refractivity contribution in [3.8, 4) is 0 Å². The minimum atomic E-state index is -1.79. The number of aliphatic imine (C=N–C) groups is 1. The zero-order valence-corrected chi connectivity index (χ0v) is 37.7. The van der Waals surface area contributed by atoms with Gasteiger partial charge in [-0.1, -0.05) is 44.2 Å². The van der Waals surface area contributed by atoms with Crippen LogP contribution in [0, 0.1) is 5.92 Å². The van der Waals surface area contributed by atoms with Gasteiger partial charge in [-0.05, 0) is 37.7 Å². The molecule has 19 N–H and O–H groups in total. The summed E-state index contributed by atoms with van der Waals surface area (Å²) in [5.41, 5.74) is 22.6. The van der Waals surface area contributed by atoms with Crippen LogP contribution in [0.3, 0.4) is 0 Å². The Hall–Kier alpha value is -7.68. The van der Waals surface area contributed by atoms with Gasteiger partial charge in [0, 0.05) is 37.7 Å². The molecule has 27 heteroatoms. The number of imidazole rings is 1. The molecule has 2 aromatic rings. The van der Waals surface area contributed by atoms with Crippen molar-refractivity contribution < 1.29 is 63.3 Å². The van der Waals surface area contributed by atoms with E-state index in [0.29, 0.717) is 5.56 Å². The third-order valence-electron chi connectivity index (χ3n) is 9.92. The number of aromatic amines is 1. The van der Waals surface area contributed by atoms with Gasteiger partial charge in [-0.25, -0.2) is 9.78 Å². The van der Waals surface area contributed by atoms with Crippen molar-refractivity contribution >= 4 is 65.2 Å². The molecule has 1 heterocycles. The fraction of sp³-hybridized carbons (Fsp3) is 0.512. The van der Waals surface area contributed by atoms with Crippen molar-refractivity contribution in [1.29, 1.82) is 0 Å². The Morgan fingerprint density at radius 1 is 0.706 bits per heavy atom. The van der Waals surface area contributed by atoms with Crippen molar-refractivity contribution in [2.75, 3.05) is 13.1 Å². The predicted octanol–water partition coefficient (Wildman–Crippen LogP) is -5.54. The molecule has 0 spiro atoms. The first-order valence-corrected chi connectivity index (χ1v) is 21.3. The zero-order valence-electron chi connectivity index (χ0n) is 37.7. The Balaban J connectivity index is 2.37. The second-order valence-corrected chi connectivity index (χ2v) is 15.9. The summed E-state index contributed by atoms with van der Waals surface area (Å²) in [7, 11) is 0. The number of rotatable bonds is 30. The average Bonchev–Trinajstić information content (AvgIpc) is 3.78. The van der Waals surface area contributed by atoms with Crippen molar-refractivity contribution in [3.05, 3.63) is 54.1 Å². The molecule has 8 amide bonds. The van der Waals surface area contributed by atoms with Crippen LogP contribution in [0.15, 0.2) is 47.8 Å². The fourth-order valence-electron chi connectivity index (χ4n) is 6.21. The van der Waals surface area contributed by atoms with Gasteiger partial charge in [-0.15, -0.1) is 0 Å². The lowest BCUT2D eigenvalue weighted by Crippen LogP contribution is -2.61. The van der Waals surface area contributed by atoms with Crippen LogP contribution in [0.1, 0.15) is 64.1 Å². The van der Waals surface area contributed by atoms with Gasteiger partial charge in [0.15, 0.2) is 5.96 Å². The van der Waals surface area contributed by atoms with Gasteiger partial charge < -0.3 is 80.5 Å². The summed E-state index contributed by atoms with van der Waals surface area (Å²) in [5.74, 6) is -11.5. The number of carboxylic acid groups (broad SMARTS) is 2. The molecule has 8 atom stereocenters. The number of carbonyl (C=O) groups excluding carboxylic acids is 8. The molecule has 0 aliphatic carbocycles. The second-order valence-electron chi connectivity index (χ2n) is 15.9. The average molecular weight is 959 g/mol. The Bertz CT molecular complexity index is 2080. The highest BCUT2D eigenvalue weighted by Gasteiger charge is 2.35. The summed E-state index contributed by atoms with van der Waals surface area (Å²) in [6.07, 6.45) is -1.13. The van der Waals surface area contributed by atoms with E-state index in [1.807, 2.05) is 0 Å². The highest BCUT2D eigenvalue weighted by Crippen LogP contribution is 2.10. The largest absolute Gasteiger partial charge is 0.481 e. The third-order valence-corrected chi connectivity index (χ3v) is 9.92. The van der Waals surface area contributed by atoms with Crippen LogP contribution in [-0.2, 0) is 60.8 Å². The Morgan fingerprint density at radius 2 is 1.29 bits per heavy atom. The number of aliphatic hydroxyl groups is 1. The van der Waals surface area contributed by atoms with Crippen molar-refractivity contribution in [2.45, 2.75) is 114 Å². The number of primary amides is 1. The Morgan fingerprint density at radius 3 is 1.84 bits per heavy atom. The summed E-state index contributed by atoms with van der Waals surface area (Å²) < 4.78 is 0. The lowest BCUT2D eigenvalue weighted by molar-refractivity contribution is -0.142. The number of nitrogens with zero attached hydrogens (tertiary/aromatic N) is 2. The summed E-state index contributed by atoms with van der Waals surface area (Å²) >= 11 is 0. The maximum Gasteiger partial charge on any atom is 0.326 e. The van der Waals surface area contributed by atoms with E-state index in [0.717, 1.165) is 0 Å². The minimum absolute atomic E-state index is 0.0759. The molecule has 0 saturated carbocycles. The monoisotopic (exact) mass is 958 g/mol. The number of nitrogens with two attached hydrogens (primary N) is 4. The van der Waals surface area contributed by atoms with Gasteiger partial charge >= 0.3 is 11.9 Å². The zero-order chi connectivity index (χ0) is 51.1. The molecule has 0 aliphatic rings. The van der Waals surface area contributed by atoms with Crippen LogP contribution in [0.4, 0.5) is 0 Å². The number of guanidine groups is 1. The molecule has 27 nitrogen and oxygen atoms in total. The molecule has 0 radical (unpaired) electrons. The van der Waals surface area contributed by atoms with Crippen molar-refractivity contribution in [2.24, 2.45) is 33.8 Å². The number of benzene rings is 1. The quantitative estimate of drug-likeness (QED) is 0.0197. The van der Waals surface area contributed by atoms with Gasteiger partial charge in [0.2, 0.25) is 47.3 Å². The van der Waals surface area contributed by atoms with Gasteiger partial charge in [0.25, 0.3) is 0 Å². The van der Waals surface area contributed by atoms with E-state index in [2.05, 4.69) is 52.2 Å². The van der Waals surface area contributed by atoms with E-state index >= 15 is 0 Å². The fourth-order valence-corrected chi connectivity index (χ4v) is 6.21. The number of carboxylic acids is 2. The van der Waals surface area contributed by atoms with Gasteiger partial charge in [-0.3, -0.25) is 48.1 Å². The maximum absolute atomic E-state index is 14.0. The molecule has 1 aromatic heterocycles. The van der Waals surface area contributed by atoms with E-state index < -0.39 is 139 Å². The summed E-state index contributed by atoms with van der Waals surface area (Å²) in [5, 5.41) is 45.4. The number of amides is 8. The summed E-state index contributed by atoms with van der Waals surface area (Å²) in [6.45, 7) is 3.78. The first-order valence-electron chi connectivity index (χ1n) is 21.3. The number of aliphatic carboxylic acids is 2. The smallest absolute Gasteiger partial charge is 0.326 e. The Labute approximate surface area is 390 Å². The van der Waals surface area contributed by atoms with Gasteiger partial charge in [-0.2, -0.15) is 0 Å². The van der Waals surface area contributed by atoms with E-state index in [1.54, 1.807) is 44.2 Å². The van der Waals surface area contributed by atoms with Crippen LogP contribution in [-0.4, -0.2) is 152 Å². The van der Waals surface area contributed by atoms with Crippen LogP contribution in [0.25, 0.3) is 0 Å². The molecule has 68 heavy (non-hydrogen) atoms. The minimum Gasteiger partial charge on any atom is -0.481 e. The number of nitrogens with one attached hydrogen (secondary N) is 8. The van der Waals surface area contributed by atoms with Crippen molar-refractivity contribution in [1.82, 2.24) is 47.2 Å². The predicted molar refractivity (Wildman–Crippen MR) is 240 cm³/mol. The van der Waals surface area contributed by atoms with E-state index in [1.165, 1.54) is 19.4 Å². The normalized spacial score (nSPS) is 14.4. The van der Waals surface area contributed by atoms with Gasteiger partial charge in [0.1, 0.15) is 42.3 Å². The third kappa shape index (κ3) is 20.7. The number of hydrogen-bond donors (Lipinski definition) is 15. The highest BCUT2D eigenvalue weighted by molar-refractivity contribution is 5.98. The molecule has 0 bridgehead atoms. The molecule has 0 fully saturated rings. The number of aliphatic hydroxyl groups excluding tert-OH is 1. The molecule has 0 aliphatic heterocycles. The summed E-state index contributed by atoms with van der Waals surface area (Å²) in [4.78, 5) is 140. The van der Waals surface area contributed by atoms with Crippen molar-refractivity contribution in [3.63, 3.8) is 0 Å². The molecule has 0 saturated heterocycles. The van der Waals surface area contributed by atoms with Crippen LogP contribution in [0.5, 0.6) is 0 Å².